The maximum atomic E-state index is 9.91. The van der Waals surface area contributed by atoms with Gasteiger partial charge in [0.15, 0.2) is 12.6 Å². The molecule has 0 bridgehead atoms. The van der Waals surface area contributed by atoms with Crippen molar-refractivity contribution in [2.45, 2.75) is 0 Å². The van der Waals surface area contributed by atoms with Crippen LogP contribution in [0.3, 0.4) is 0 Å². The number of hydrogen-bond donors (Lipinski definition) is 0. The van der Waals surface area contributed by atoms with E-state index in [1.165, 1.54) is 11.3 Å². The molecule has 0 radical (unpaired) electrons. The minimum atomic E-state index is 0.538. The largest absolute Gasteiger partial charge is 0.289 e. The molecule has 13 heavy (non-hydrogen) atoms. The van der Waals surface area contributed by atoms with Crippen molar-refractivity contribution in [3.8, 4) is 23.7 Å². The maximum Gasteiger partial charge on any atom is 0.193 e. The van der Waals surface area contributed by atoms with Gasteiger partial charge in [-0.05, 0) is 35.8 Å². The van der Waals surface area contributed by atoms with Gasteiger partial charge in [0.25, 0.3) is 0 Å². The SMILES string of the molecule is O=CC#Cc1ccc(C#CC=O)s1. The van der Waals surface area contributed by atoms with Crippen LogP contribution in [-0.2, 0) is 9.59 Å². The Labute approximate surface area is 79.6 Å². The fourth-order valence-corrected chi connectivity index (χ4v) is 1.40. The van der Waals surface area contributed by atoms with Crippen molar-refractivity contribution in [1.82, 2.24) is 0 Å². The molecule has 2 nitrogen and oxygen atoms in total. The lowest BCUT2D eigenvalue weighted by atomic mass is 10.4. The van der Waals surface area contributed by atoms with Crippen molar-refractivity contribution in [3.63, 3.8) is 0 Å². The highest BCUT2D eigenvalue weighted by atomic mass is 32.1. The van der Waals surface area contributed by atoms with Crippen molar-refractivity contribution in [2.24, 2.45) is 0 Å². The van der Waals surface area contributed by atoms with Gasteiger partial charge in [0.05, 0.1) is 9.75 Å². The van der Waals surface area contributed by atoms with Crippen molar-refractivity contribution < 1.29 is 9.59 Å². The third-order valence-corrected chi connectivity index (χ3v) is 2.03. The molecule has 0 atom stereocenters. The molecule has 0 saturated carbocycles. The fraction of sp³-hybridized carbons (Fsp3) is 0. The Kier molecular flexibility index (Phi) is 3.50. The first-order chi connectivity index (χ1) is 6.36. The molecule has 0 unspecified atom stereocenters. The van der Waals surface area contributed by atoms with Crippen LogP contribution in [0.15, 0.2) is 12.1 Å². The lowest BCUT2D eigenvalue weighted by Gasteiger charge is -1.73. The summed E-state index contributed by atoms with van der Waals surface area (Å²) in [4.78, 5) is 21.4. The quantitative estimate of drug-likeness (QED) is 0.447. The molecule has 0 aromatic carbocycles. The second-order valence-electron chi connectivity index (χ2n) is 1.94. The summed E-state index contributed by atoms with van der Waals surface area (Å²) in [6, 6.07) is 3.52. The lowest BCUT2D eigenvalue weighted by molar-refractivity contribution is -0.104. The third kappa shape index (κ3) is 2.94. The molecule has 0 aliphatic heterocycles. The average Bonchev–Trinajstić information content (AvgIpc) is 2.59. The Bertz CT molecular complexity index is 394. The number of aldehydes is 2. The summed E-state index contributed by atoms with van der Waals surface area (Å²) in [6.07, 6.45) is 1.08. The molecule has 0 fully saturated rings. The first-order valence-corrected chi connectivity index (χ1v) is 4.18. The van der Waals surface area contributed by atoms with Crippen LogP contribution in [0.5, 0.6) is 0 Å². The van der Waals surface area contributed by atoms with Crippen molar-refractivity contribution in [1.29, 1.82) is 0 Å². The summed E-state index contributed by atoms with van der Waals surface area (Å²) in [6.45, 7) is 0. The molecule has 1 aromatic heterocycles. The number of rotatable bonds is 0. The number of carbonyl (C=O) groups excluding carboxylic acids is 2. The molecule has 1 rings (SSSR count). The van der Waals surface area contributed by atoms with Gasteiger partial charge >= 0.3 is 0 Å². The monoisotopic (exact) mass is 188 g/mol. The Morgan fingerprint density at radius 1 is 1.00 bits per heavy atom. The normalized spacial score (nSPS) is 7.38. The van der Waals surface area contributed by atoms with Crippen LogP contribution < -0.4 is 0 Å². The molecule has 0 spiro atoms. The van der Waals surface area contributed by atoms with E-state index in [1.54, 1.807) is 12.1 Å². The van der Waals surface area contributed by atoms with Crippen LogP contribution in [-0.4, -0.2) is 12.6 Å². The highest BCUT2D eigenvalue weighted by Crippen LogP contribution is 2.13. The van der Waals surface area contributed by atoms with E-state index in [-0.39, 0.29) is 0 Å². The van der Waals surface area contributed by atoms with Crippen LogP contribution in [0.1, 0.15) is 9.75 Å². The molecule has 0 aliphatic carbocycles. The van der Waals surface area contributed by atoms with Gasteiger partial charge in [0.2, 0.25) is 0 Å². The zero-order valence-corrected chi connectivity index (χ0v) is 7.35. The maximum absolute atomic E-state index is 9.91. The van der Waals surface area contributed by atoms with E-state index in [0.29, 0.717) is 12.6 Å². The van der Waals surface area contributed by atoms with Crippen molar-refractivity contribution in [2.75, 3.05) is 0 Å². The van der Waals surface area contributed by atoms with E-state index in [4.69, 9.17) is 0 Å². The van der Waals surface area contributed by atoms with Crippen LogP contribution >= 0.6 is 11.3 Å². The van der Waals surface area contributed by atoms with E-state index < -0.39 is 0 Å². The average molecular weight is 188 g/mol. The standard InChI is InChI=1S/C10H4O2S/c11-7-1-3-9-5-6-10(13-9)4-2-8-12/h5-8H. The van der Waals surface area contributed by atoms with Crippen LogP contribution in [0, 0.1) is 23.7 Å². The van der Waals surface area contributed by atoms with E-state index in [9.17, 15) is 9.59 Å². The molecule has 3 heteroatoms. The van der Waals surface area contributed by atoms with Gasteiger partial charge in [-0.3, -0.25) is 9.59 Å². The van der Waals surface area contributed by atoms with Crippen molar-refractivity contribution in [3.05, 3.63) is 21.9 Å². The van der Waals surface area contributed by atoms with E-state index in [2.05, 4.69) is 23.7 Å². The highest BCUT2D eigenvalue weighted by molar-refractivity contribution is 7.13. The predicted octanol–water partition coefficient (Wildman–Crippen LogP) is 0.849. The summed E-state index contributed by atoms with van der Waals surface area (Å²) in [5, 5.41) is 0. The van der Waals surface area contributed by atoms with Gasteiger partial charge < -0.3 is 0 Å². The molecule has 1 heterocycles. The summed E-state index contributed by atoms with van der Waals surface area (Å²) >= 11 is 1.35. The highest BCUT2D eigenvalue weighted by Gasteiger charge is 1.92. The summed E-state index contributed by atoms with van der Waals surface area (Å²) in [7, 11) is 0. The number of hydrogen-bond acceptors (Lipinski definition) is 3. The molecule has 0 N–H and O–H groups in total. The molecule has 0 saturated heterocycles. The van der Waals surface area contributed by atoms with Gasteiger partial charge in [-0.25, -0.2) is 0 Å². The Morgan fingerprint density at radius 3 is 1.85 bits per heavy atom. The Hall–Kier alpha value is -1.84. The van der Waals surface area contributed by atoms with Gasteiger partial charge in [-0.1, -0.05) is 0 Å². The molecule has 62 valence electrons. The summed E-state index contributed by atoms with van der Waals surface area (Å²) in [5.74, 6) is 9.86. The van der Waals surface area contributed by atoms with Crippen LogP contribution in [0.2, 0.25) is 0 Å². The molecule has 1 aromatic rings. The van der Waals surface area contributed by atoms with Gasteiger partial charge in [0, 0.05) is 0 Å². The lowest BCUT2D eigenvalue weighted by Crippen LogP contribution is -1.62. The number of carbonyl (C=O) groups is 2. The third-order valence-electron chi connectivity index (χ3n) is 1.11. The summed E-state index contributed by atoms with van der Waals surface area (Å²) < 4.78 is 0. The predicted molar refractivity (Wildman–Crippen MR) is 50.2 cm³/mol. The topological polar surface area (TPSA) is 34.1 Å². The minimum Gasteiger partial charge on any atom is -0.289 e. The Morgan fingerprint density at radius 2 is 1.46 bits per heavy atom. The fourth-order valence-electron chi connectivity index (χ4n) is 0.673. The number of thiophene rings is 1. The van der Waals surface area contributed by atoms with Gasteiger partial charge in [-0.2, -0.15) is 0 Å². The van der Waals surface area contributed by atoms with Crippen molar-refractivity contribution >= 4 is 23.9 Å². The van der Waals surface area contributed by atoms with Crippen LogP contribution in [0.25, 0.3) is 0 Å². The van der Waals surface area contributed by atoms with E-state index in [0.717, 1.165) is 9.75 Å². The first kappa shape index (κ1) is 9.25. The van der Waals surface area contributed by atoms with E-state index in [1.807, 2.05) is 0 Å². The van der Waals surface area contributed by atoms with Gasteiger partial charge in [-0.15, -0.1) is 11.3 Å². The molecular weight excluding hydrogens is 184 g/mol. The molecular formula is C10H4O2S. The Balaban J connectivity index is 2.86. The van der Waals surface area contributed by atoms with Crippen LogP contribution in [0.4, 0.5) is 0 Å². The molecule has 0 aliphatic rings. The summed E-state index contributed by atoms with van der Waals surface area (Å²) in [5.41, 5.74) is 0. The smallest absolute Gasteiger partial charge is 0.193 e. The first-order valence-electron chi connectivity index (χ1n) is 3.37. The minimum absolute atomic E-state index is 0.538. The van der Waals surface area contributed by atoms with Gasteiger partial charge in [0.1, 0.15) is 0 Å². The second-order valence-corrected chi connectivity index (χ2v) is 3.02. The molecule has 0 amide bonds. The zero-order valence-electron chi connectivity index (χ0n) is 6.53. The van der Waals surface area contributed by atoms with E-state index >= 15 is 0 Å². The second kappa shape index (κ2) is 4.92. The zero-order chi connectivity index (χ0) is 9.52.